The van der Waals surface area contributed by atoms with Gasteiger partial charge in [-0.3, -0.25) is 10.1 Å². The summed E-state index contributed by atoms with van der Waals surface area (Å²) in [6.45, 7) is 1.96. The van der Waals surface area contributed by atoms with Crippen LogP contribution in [0.1, 0.15) is 22.8 Å². The van der Waals surface area contributed by atoms with Gasteiger partial charge in [0, 0.05) is 11.0 Å². The highest BCUT2D eigenvalue weighted by Crippen LogP contribution is 2.35. The Balaban J connectivity index is 2.27. The average Bonchev–Trinajstić information content (AvgIpc) is 2.55. The van der Waals surface area contributed by atoms with E-state index in [0.717, 1.165) is 16.9 Å². The maximum atomic E-state index is 11.4. The minimum absolute atomic E-state index is 0.0985. The number of carbonyl (C=O) groups excluding carboxylic acids is 1. The van der Waals surface area contributed by atoms with Crippen molar-refractivity contribution in [2.75, 3.05) is 7.11 Å². The molecule has 0 fully saturated rings. The molecule has 0 spiro atoms. The van der Waals surface area contributed by atoms with Gasteiger partial charge in [0.15, 0.2) is 0 Å². The lowest BCUT2D eigenvalue weighted by Crippen LogP contribution is -2.00. The molecule has 0 unspecified atom stereocenters. The van der Waals surface area contributed by atoms with Crippen molar-refractivity contribution in [2.24, 2.45) is 0 Å². The number of hydrogen-bond donors (Lipinski definition) is 0. The SMILES string of the molecule is CCc1ccc(Sc2ccc(C(=O)OC)cc2)c([N+](=O)[O-])c1. The van der Waals surface area contributed by atoms with E-state index in [-0.39, 0.29) is 10.6 Å². The number of aryl methyl sites for hydroxylation is 1. The van der Waals surface area contributed by atoms with E-state index >= 15 is 0 Å². The van der Waals surface area contributed by atoms with E-state index in [4.69, 9.17) is 0 Å². The normalized spacial score (nSPS) is 10.3. The summed E-state index contributed by atoms with van der Waals surface area (Å²) >= 11 is 1.30. The van der Waals surface area contributed by atoms with E-state index in [0.29, 0.717) is 10.5 Å². The summed E-state index contributed by atoms with van der Waals surface area (Å²) in [7, 11) is 1.32. The highest BCUT2D eigenvalue weighted by Gasteiger charge is 2.15. The fraction of sp³-hybridized carbons (Fsp3) is 0.188. The molecule has 0 heterocycles. The number of benzene rings is 2. The molecule has 0 amide bonds. The average molecular weight is 317 g/mol. The van der Waals surface area contributed by atoms with Crippen LogP contribution in [-0.2, 0) is 11.2 Å². The zero-order valence-electron chi connectivity index (χ0n) is 12.2. The van der Waals surface area contributed by atoms with Crippen LogP contribution in [0.4, 0.5) is 5.69 Å². The Bertz CT molecular complexity index is 698. The number of esters is 1. The van der Waals surface area contributed by atoms with Crippen molar-refractivity contribution in [3.8, 4) is 0 Å². The predicted octanol–water partition coefficient (Wildman–Crippen LogP) is 4.10. The second-order valence-electron chi connectivity index (χ2n) is 4.53. The lowest BCUT2D eigenvalue weighted by molar-refractivity contribution is -0.387. The van der Waals surface area contributed by atoms with E-state index < -0.39 is 5.97 Å². The molecule has 0 aliphatic rings. The third-order valence-corrected chi connectivity index (χ3v) is 4.20. The van der Waals surface area contributed by atoms with Gasteiger partial charge in [-0.1, -0.05) is 24.8 Å². The van der Waals surface area contributed by atoms with Crippen molar-refractivity contribution >= 4 is 23.4 Å². The summed E-state index contributed by atoms with van der Waals surface area (Å²) in [5.74, 6) is -0.408. The van der Waals surface area contributed by atoms with Gasteiger partial charge in [-0.05, 0) is 42.3 Å². The first-order valence-corrected chi connectivity index (χ1v) is 7.50. The molecule has 0 atom stereocenters. The van der Waals surface area contributed by atoms with Gasteiger partial charge in [0.2, 0.25) is 0 Å². The number of carbonyl (C=O) groups is 1. The number of methoxy groups -OCH3 is 1. The van der Waals surface area contributed by atoms with Gasteiger partial charge in [0.05, 0.1) is 22.5 Å². The van der Waals surface area contributed by atoms with Gasteiger partial charge in [-0.15, -0.1) is 0 Å². The minimum Gasteiger partial charge on any atom is -0.465 e. The lowest BCUT2D eigenvalue weighted by atomic mass is 10.1. The first kappa shape index (κ1) is 16.0. The molecule has 2 rings (SSSR count). The molecule has 6 heteroatoms. The maximum Gasteiger partial charge on any atom is 0.337 e. The third kappa shape index (κ3) is 3.65. The fourth-order valence-electron chi connectivity index (χ4n) is 1.92. The van der Waals surface area contributed by atoms with Crippen molar-refractivity contribution in [3.05, 3.63) is 63.7 Å². The standard InChI is InChI=1S/C16H15NO4S/c1-3-11-4-9-15(14(10-11)17(19)20)22-13-7-5-12(6-8-13)16(18)21-2/h4-10H,3H2,1-2H3. The van der Waals surface area contributed by atoms with Crippen LogP contribution >= 0.6 is 11.8 Å². The minimum atomic E-state index is -0.408. The zero-order valence-corrected chi connectivity index (χ0v) is 13.1. The number of ether oxygens (including phenoxy) is 1. The first-order chi connectivity index (χ1) is 10.5. The Labute approximate surface area is 132 Å². The van der Waals surface area contributed by atoms with Crippen molar-refractivity contribution < 1.29 is 14.5 Å². The van der Waals surface area contributed by atoms with E-state index in [1.165, 1.54) is 18.9 Å². The Kier molecular flexibility index (Phi) is 5.16. The summed E-state index contributed by atoms with van der Waals surface area (Å²) in [5.41, 5.74) is 1.47. The molecule has 0 bridgehead atoms. The zero-order chi connectivity index (χ0) is 16.1. The molecular weight excluding hydrogens is 302 g/mol. The molecule has 22 heavy (non-hydrogen) atoms. The van der Waals surface area contributed by atoms with Crippen molar-refractivity contribution in [3.63, 3.8) is 0 Å². The van der Waals surface area contributed by atoms with Crippen LogP contribution in [0.5, 0.6) is 0 Å². The van der Waals surface area contributed by atoms with Gasteiger partial charge in [-0.25, -0.2) is 4.79 Å². The van der Waals surface area contributed by atoms with Crippen LogP contribution in [0.25, 0.3) is 0 Å². The molecule has 5 nitrogen and oxygen atoms in total. The summed E-state index contributed by atoms with van der Waals surface area (Å²) in [4.78, 5) is 23.6. The van der Waals surface area contributed by atoms with Gasteiger partial charge in [-0.2, -0.15) is 0 Å². The van der Waals surface area contributed by atoms with Crippen LogP contribution < -0.4 is 0 Å². The summed E-state index contributed by atoms with van der Waals surface area (Å²) in [6, 6.07) is 12.0. The molecule has 2 aromatic rings. The van der Waals surface area contributed by atoms with Crippen LogP contribution in [0.3, 0.4) is 0 Å². The highest BCUT2D eigenvalue weighted by molar-refractivity contribution is 7.99. The van der Waals surface area contributed by atoms with Crippen molar-refractivity contribution in [2.45, 2.75) is 23.1 Å². The second-order valence-corrected chi connectivity index (χ2v) is 5.65. The molecule has 0 aliphatic carbocycles. The number of hydrogen-bond acceptors (Lipinski definition) is 5. The van der Waals surface area contributed by atoms with Crippen LogP contribution in [0.15, 0.2) is 52.3 Å². The maximum absolute atomic E-state index is 11.4. The smallest absolute Gasteiger partial charge is 0.337 e. The molecule has 0 aliphatic heterocycles. The Morgan fingerprint density at radius 1 is 1.23 bits per heavy atom. The molecule has 0 saturated heterocycles. The quantitative estimate of drug-likeness (QED) is 0.472. The third-order valence-electron chi connectivity index (χ3n) is 3.13. The number of nitrogens with zero attached hydrogens (tertiary/aromatic N) is 1. The first-order valence-electron chi connectivity index (χ1n) is 6.68. The highest BCUT2D eigenvalue weighted by atomic mass is 32.2. The summed E-state index contributed by atoms with van der Waals surface area (Å²) in [5, 5.41) is 11.2. The van der Waals surface area contributed by atoms with E-state index in [1.807, 2.05) is 13.0 Å². The van der Waals surface area contributed by atoms with E-state index in [2.05, 4.69) is 4.74 Å². The van der Waals surface area contributed by atoms with E-state index in [9.17, 15) is 14.9 Å². The molecule has 0 aromatic heterocycles. The summed E-state index contributed by atoms with van der Waals surface area (Å²) in [6.07, 6.45) is 0.750. The predicted molar refractivity (Wildman–Crippen MR) is 84.4 cm³/mol. The van der Waals surface area contributed by atoms with Crippen LogP contribution in [0.2, 0.25) is 0 Å². The molecular formula is C16H15NO4S. The summed E-state index contributed by atoms with van der Waals surface area (Å²) < 4.78 is 4.64. The van der Waals surface area contributed by atoms with Gasteiger partial charge in [0.1, 0.15) is 0 Å². The van der Waals surface area contributed by atoms with Crippen molar-refractivity contribution in [1.82, 2.24) is 0 Å². The molecule has 0 N–H and O–H groups in total. The molecule has 0 radical (unpaired) electrons. The molecule has 0 saturated carbocycles. The number of rotatable bonds is 5. The Hall–Kier alpha value is -2.34. The van der Waals surface area contributed by atoms with Crippen molar-refractivity contribution in [1.29, 1.82) is 0 Å². The Morgan fingerprint density at radius 3 is 2.45 bits per heavy atom. The van der Waals surface area contributed by atoms with Gasteiger partial charge < -0.3 is 4.74 Å². The monoisotopic (exact) mass is 317 g/mol. The number of nitro benzene ring substituents is 1. The molecule has 2 aromatic carbocycles. The number of nitro groups is 1. The second kappa shape index (κ2) is 7.09. The Morgan fingerprint density at radius 2 is 1.91 bits per heavy atom. The molecule has 114 valence electrons. The fourth-order valence-corrected chi connectivity index (χ4v) is 2.82. The van der Waals surface area contributed by atoms with Gasteiger partial charge in [0.25, 0.3) is 5.69 Å². The lowest BCUT2D eigenvalue weighted by Gasteiger charge is -2.06. The van der Waals surface area contributed by atoms with Crippen LogP contribution in [-0.4, -0.2) is 18.0 Å². The van der Waals surface area contributed by atoms with Gasteiger partial charge >= 0.3 is 5.97 Å². The van der Waals surface area contributed by atoms with E-state index in [1.54, 1.807) is 36.4 Å². The van der Waals surface area contributed by atoms with Crippen LogP contribution in [0, 0.1) is 10.1 Å². The largest absolute Gasteiger partial charge is 0.465 e. The topological polar surface area (TPSA) is 69.4 Å².